The number of pyridine rings is 1. The Labute approximate surface area is 403 Å². The van der Waals surface area contributed by atoms with Crippen LogP contribution in [0.1, 0.15) is 0 Å². The van der Waals surface area contributed by atoms with Crippen molar-refractivity contribution in [3.8, 4) is 73.1 Å². The van der Waals surface area contributed by atoms with Crippen LogP contribution in [0.5, 0.6) is 0 Å². The van der Waals surface area contributed by atoms with Crippen molar-refractivity contribution in [3.63, 3.8) is 0 Å². The molecule has 70 heavy (non-hydrogen) atoms. The molecule has 0 fully saturated rings. The highest BCUT2D eigenvalue weighted by Crippen LogP contribution is 2.46. The van der Waals surface area contributed by atoms with E-state index in [1.807, 2.05) is 30.3 Å². The van der Waals surface area contributed by atoms with Gasteiger partial charge in [0.25, 0.3) is 0 Å². The summed E-state index contributed by atoms with van der Waals surface area (Å²) >= 11 is 0. The van der Waals surface area contributed by atoms with Gasteiger partial charge >= 0.3 is 0 Å². The van der Waals surface area contributed by atoms with Crippen molar-refractivity contribution in [1.82, 2.24) is 19.5 Å². The molecule has 4 aromatic heterocycles. The Morgan fingerprint density at radius 1 is 0.314 bits per heavy atom. The fourth-order valence-electron chi connectivity index (χ4n) is 10.5. The summed E-state index contributed by atoms with van der Waals surface area (Å²) in [5, 5.41) is 8.02. The van der Waals surface area contributed by atoms with Crippen molar-refractivity contribution < 1.29 is 4.42 Å². The molecule has 14 aromatic rings. The van der Waals surface area contributed by atoms with Gasteiger partial charge in [-0.05, 0) is 65.2 Å². The smallest absolute Gasteiger partial charge is 0.160 e. The van der Waals surface area contributed by atoms with Crippen LogP contribution in [0.2, 0.25) is 0 Å². The monoisotopic (exact) mass is 892 g/mol. The Bertz CT molecular complexity index is 4260. The van der Waals surface area contributed by atoms with Gasteiger partial charge in [-0.2, -0.15) is 0 Å². The molecule has 0 saturated carbocycles. The topological polar surface area (TPSA) is 56.7 Å². The van der Waals surface area contributed by atoms with Crippen LogP contribution in [0.4, 0.5) is 0 Å². The summed E-state index contributed by atoms with van der Waals surface area (Å²) in [7, 11) is 0. The van der Waals surface area contributed by atoms with Gasteiger partial charge in [0.1, 0.15) is 11.2 Å². The second-order valence-corrected chi connectivity index (χ2v) is 17.9. The van der Waals surface area contributed by atoms with E-state index >= 15 is 0 Å². The quantitative estimate of drug-likeness (QED) is 0.150. The summed E-state index contributed by atoms with van der Waals surface area (Å²) in [6.07, 6.45) is 0. The molecule has 4 heterocycles. The van der Waals surface area contributed by atoms with Gasteiger partial charge in [-0.1, -0.05) is 194 Å². The van der Waals surface area contributed by atoms with Gasteiger partial charge in [0.05, 0.1) is 33.6 Å². The minimum Gasteiger partial charge on any atom is -0.456 e. The summed E-state index contributed by atoms with van der Waals surface area (Å²) in [5.74, 6) is 0.687. The van der Waals surface area contributed by atoms with Gasteiger partial charge in [0, 0.05) is 71.2 Å². The maximum absolute atomic E-state index is 6.64. The average Bonchev–Trinajstić information content (AvgIpc) is 3.98. The lowest BCUT2D eigenvalue weighted by atomic mass is 9.89. The van der Waals surface area contributed by atoms with Crippen LogP contribution >= 0.6 is 0 Å². The van der Waals surface area contributed by atoms with E-state index in [9.17, 15) is 0 Å². The Balaban J connectivity index is 0.849. The molecule has 0 spiro atoms. The molecule has 5 nitrogen and oxygen atoms in total. The molecule has 14 rings (SSSR count). The molecule has 0 aliphatic carbocycles. The number of benzene rings is 10. The van der Waals surface area contributed by atoms with Crippen LogP contribution in [-0.4, -0.2) is 19.5 Å². The number of nitrogens with zero attached hydrogens (tertiary/aromatic N) is 4. The minimum absolute atomic E-state index is 0.687. The minimum atomic E-state index is 0.687. The van der Waals surface area contributed by atoms with Crippen molar-refractivity contribution in [2.24, 2.45) is 0 Å². The van der Waals surface area contributed by atoms with Gasteiger partial charge in [-0.3, -0.25) is 0 Å². The number of aromatic nitrogens is 4. The Kier molecular flexibility index (Phi) is 9.14. The van der Waals surface area contributed by atoms with E-state index in [0.29, 0.717) is 5.82 Å². The van der Waals surface area contributed by atoms with E-state index in [0.717, 1.165) is 106 Å². The van der Waals surface area contributed by atoms with Gasteiger partial charge in [0.2, 0.25) is 0 Å². The van der Waals surface area contributed by atoms with Crippen molar-refractivity contribution >= 4 is 65.4 Å². The van der Waals surface area contributed by atoms with Crippen LogP contribution in [0.3, 0.4) is 0 Å². The fourth-order valence-corrected chi connectivity index (χ4v) is 10.5. The van der Waals surface area contributed by atoms with Crippen LogP contribution in [-0.2, 0) is 0 Å². The van der Waals surface area contributed by atoms with Crippen LogP contribution < -0.4 is 0 Å². The molecule has 0 N–H and O–H groups in total. The lowest BCUT2D eigenvalue weighted by Crippen LogP contribution is -1.97. The Morgan fingerprint density at radius 3 is 1.46 bits per heavy atom. The zero-order chi connectivity index (χ0) is 46.1. The summed E-state index contributed by atoms with van der Waals surface area (Å²) < 4.78 is 8.98. The number of para-hydroxylation sites is 4. The molecular weight excluding hydrogens is 853 g/mol. The van der Waals surface area contributed by atoms with E-state index in [-0.39, 0.29) is 0 Å². The number of hydrogen-bond donors (Lipinski definition) is 0. The van der Waals surface area contributed by atoms with Crippen molar-refractivity contribution in [2.45, 2.75) is 0 Å². The molecule has 10 aromatic carbocycles. The third-order valence-corrected chi connectivity index (χ3v) is 13.8. The van der Waals surface area contributed by atoms with Crippen LogP contribution in [0.25, 0.3) is 139 Å². The molecule has 326 valence electrons. The van der Waals surface area contributed by atoms with E-state index in [1.165, 1.54) is 27.2 Å². The molecule has 0 unspecified atom stereocenters. The molecule has 0 radical (unpaired) electrons. The van der Waals surface area contributed by atoms with Gasteiger partial charge < -0.3 is 8.98 Å². The maximum Gasteiger partial charge on any atom is 0.160 e. The maximum atomic E-state index is 6.64. The largest absolute Gasteiger partial charge is 0.456 e. The number of hydrogen-bond acceptors (Lipinski definition) is 4. The van der Waals surface area contributed by atoms with Crippen molar-refractivity contribution in [1.29, 1.82) is 0 Å². The zero-order valence-corrected chi connectivity index (χ0v) is 37.8. The lowest BCUT2D eigenvalue weighted by molar-refractivity contribution is 0.669. The molecule has 0 atom stereocenters. The first kappa shape index (κ1) is 39.7. The third kappa shape index (κ3) is 6.51. The number of furan rings is 1. The van der Waals surface area contributed by atoms with Crippen LogP contribution in [0.15, 0.2) is 247 Å². The number of fused-ring (bicyclic) bond motifs is 9. The number of rotatable bonds is 7. The molecule has 0 bridgehead atoms. The highest BCUT2D eigenvalue weighted by molar-refractivity contribution is 6.27. The lowest BCUT2D eigenvalue weighted by Gasteiger charge is -2.16. The molecular formula is C65H40N4O. The SMILES string of the molecule is c1ccc(-c2nc(-c3ccc(-c4ccc(-c5c6c(cc7c(-c8ccccc8)nc8ccccc8c57)oc5ccccc56)cc4)cc3)cc(-c3ccc(-n4c5ccccc5c5ccccc54)cc3)n2)cc1. The highest BCUT2D eigenvalue weighted by Gasteiger charge is 2.22. The van der Waals surface area contributed by atoms with E-state index in [1.54, 1.807) is 0 Å². The summed E-state index contributed by atoms with van der Waals surface area (Å²) in [5.41, 5.74) is 17.4. The Hall–Kier alpha value is -9.45. The van der Waals surface area contributed by atoms with E-state index < -0.39 is 0 Å². The average molecular weight is 893 g/mol. The summed E-state index contributed by atoms with van der Waals surface area (Å²) in [6, 6.07) is 85.5. The van der Waals surface area contributed by atoms with Crippen LogP contribution in [0, 0.1) is 0 Å². The highest BCUT2D eigenvalue weighted by atomic mass is 16.3. The van der Waals surface area contributed by atoms with Gasteiger partial charge in [-0.25, -0.2) is 15.0 Å². The first-order valence-electron chi connectivity index (χ1n) is 23.7. The van der Waals surface area contributed by atoms with E-state index in [2.05, 4.69) is 217 Å². The van der Waals surface area contributed by atoms with Crippen molar-refractivity contribution in [3.05, 3.63) is 243 Å². The molecule has 0 amide bonds. The molecule has 0 saturated heterocycles. The first-order chi connectivity index (χ1) is 34.7. The first-order valence-corrected chi connectivity index (χ1v) is 23.7. The second-order valence-electron chi connectivity index (χ2n) is 17.9. The predicted molar refractivity (Wildman–Crippen MR) is 289 cm³/mol. The second kappa shape index (κ2) is 16.1. The normalized spacial score (nSPS) is 11.7. The predicted octanol–water partition coefficient (Wildman–Crippen LogP) is 17.2. The van der Waals surface area contributed by atoms with Gasteiger partial charge in [-0.15, -0.1) is 0 Å². The molecule has 5 heteroatoms. The molecule has 0 aliphatic rings. The summed E-state index contributed by atoms with van der Waals surface area (Å²) in [4.78, 5) is 15.6. The third-order valence-electron chi connectivity index (χ3n) is 13.8. The zero-order valence-electron chi connectivity index (χ0n) is 37.8. The fraction of sp³-hybridized carbons (Fsp3) is 0. The van der Waals surface area contributed by atoms with Gasteiger partial charge in [0.15, 0.2) is 5.82 Å². The van der Waals surface area contributed by atoms with Crippen molar-refractivity contribution in [2.75, 3.05) is 0 Å². The standard InChI is InChI=1S/C65H40N4O/c1-3-15-46(16-4-1)64-53-39-60-63(52-22-10-14-26-59(52)70-60)61(62(53)51-21-7-11-23-54(51)66-64)45-33-29-42(30-34-45)41-27-31-43(32-28-41)55-40-56(68-65(67-55)47-17-5-2-6-18-47)44-35-37-48(38-36-44)69-57-24-12-8-19-49(57)50-20-9-13-25-58(50)69/h1-40H. The van der Waals surface area contributed by atoms with E-state index in [4.69, 9.17) is 19.4 Å². The summed E-state index contributed by atoms with van der Waals surface area (Å²) in [6.45, 7) is 0. The molecule has 0 aliphatic heterocycles. The Morgan fingerprint density at radius 2 is 0.814 bits per heavy atom.